The summed E-state index contributed by atoms with van der Waals surface area (Å²) in [5.74, 6) is -1.29. The van der Waals surface area contributed by atoms with Gasteiger partial charge in [0.05, 0.1) is 12.2 Å². The van der Waals surface area contributed by atoms with Gasteiger partial charge in [-0.3, -0.25) is 4.79 Å². The van der Waals surface area contributed by atoms with Gasteiger partial charge in [-0.05, 0) is 26.7 Å². The molecular weight excluding hydrogens is 298 g/mol. The van der Waals surface area contributed by atoms with Crippen molar-refractivity contribution in [2.24, 2.45) is 5.92 Å². The molecule has 0 aromatic carbocycles. The van der Waals surface area contributed by atoms with Gasteiger partial charge >= 0.3 is 12.0 Å². The van der Waals surface area contributed by atoms with Crippen LogP contribution in [-0.2, 0) is 14.8 Å². The van der Waals surface area contributed by atoms with Crippen molar-refractivity contribution in [2.75, 3.05) is 19.3 Å². The zero-order valence-corrected chi connectivity index (χ0v) is 13.7. The maximum absolute atomic E-state index is 11.5. The lowest BCUT2D eigenvalue weighted by molar-refractivity contribution is -0.141. The van der Waals surface area contributed by atoms with Crippen LogP contribution in [0.3, 0.4) is 0 Å². The van der Waals surface area contributed by atoms with E-state index in [0.29, 0.717) is 19.4 Å². The molecule has 0 heterocycles. The maximum Gasteiger partial charge on any atom is 0.314 e. The SMILES string of the molecule is CC(CCCNC(=O)NCC(C)(C)NS(C)(=O)=O)C(=O)O. The number of hydrogen-bond donors (Lipinski definition) is 4. The van der Waals surface area contributed by atoms with Gasteiger partial charge in [-0.15, -0.1) is 0 Å². The summed E-state index contributed by atoms with van der Waals surface area (Å²) in [7, 11) is -3.35. The van der Waals surface area contributed by atoms with Gasteiger partial charge in [-0.25, -0.2) is 17.9 Å². The van der Waals surface area contributed by atoms with E-state index in [1.54, 1.807) is 20.8 Å². The number of nitrogens with one attached hydrogen (secondary N) is 3. The second-order valence-electron chi connectivity index (χ2n) is 5.75. The quantitative estimate of drug-likeness (QED) is 0.448. The molecule has 1 atom stereocenters. The van der Waals surface area contributed by atoms with Gasteiger partial charge in [0, 0.05) is 18.6 Å². The van der Waals surface area contributed by atoms with Crippen LogP contribution in [0.2, 0.25) is 0 Å². The monoisotopic (exact) mass is 323 g/mol. The Kier molecular flexibility index (Phi) is 7.65. The molecule has 0 aliphatic carbocycles. The van der Waals surface area contributed by atoms with E-state index in [4.69, 9.17) is 5.11 Å². The Morgan fingerprint density at radius 1 is 1.24 bits per heavy atom. The van der Waals surface area contributed by atoms with Crippen molar-refractivity contribution < 1.29 is 23.1 Å². The van der Waals surface area contributed by atoms with Gasteiger partial charge in [-0.2, -0.15) is 0 Å². The smallest absolute Gasteiger partial charge is 0.314 e. The lowest BCUT2D eigenvalue weighted by atomic mass is 10.1. The first-order chi connectivity index (χ1) is 9.43. The third-order valence-electron chi connectivity index (χ3n) is 2.67. The van der Waals surface area contributed by atoms with E-state index >= 15 is 0 Å². The molecule has 9 heteroatoms. The van der Waals surface area contributed by atoms with Crippen molar-refractivity contribution in [1.82, 2.24) is 15.4 Å². The Hall–Kier alpha value is -1.35. The Balaban J connectivity index is 3.93. The van der Waals surface area contributed by atoms with Gasteiger partial charge in [0.25, 0.3) is 0 Å². The van der Waals surface area contributed by atoms with E-state index < -0.39 is 33.5 Å². The fourth-order valence-corrected chi connectivity index (χ4v) is 2.71. The summed E-state index contributed by atoms with van der Waals surface area (Å²) in [6.45, 7) is 5.42. The lowest BCUT2D eigenvalue weighted by Gasteiger charge is -2.25. The van der Waals surface area contributed by atoms with Crippen LogP contribution in [0.4, 0.5) is 4.79 Å². The maximum atomic E-state index is 11.5. The van der Waals surface area contributed by atoms with Crippen LogP contribution in [0.25, 0.3) is 0 Å². The van der Waals surface area contributed by atoms with Crippen molar-refractivity contribution in [3.05, 3.63) is 0 Å². The number of amides is 2. The largest absolute Gasteiger partial charge is 0.481 e. The predicted octanol–water partition coefficient (Wildman–Crippen LogP) is 0.114. The number of carboxylic acids is 1. The van der Waals surface area contributed by atoms with Crippen molar-refractivity contribution >= 4 is 22.0 Å². The Morgan fingerprint density at radius 2 is 1.81 bits per heavy atom. The van der Waals surface area contributed by atoms with Crippen LogP contribution in [-0.4, -0.2) is 50.4 Å². The van der Waals surface area contributed by atoms with E-state index in [-0.39, 0.29) is 6.54 Å². The second kappa shape index (κ2) is 8.18. The van der Waals surface area contributed by atoms with Crippen molar-refractivity contribution in [1.29, 1.82) is 0 Å². The van der Waals surface area contributed by atoms with Gasteiger partial charge in [-0.1, -0.05) is 6.92 Å². The molecule has 0 aromatic rings. The van der Waals surface area contributed by atoms with E-state index in [1.165, 1.54) is 0 Å². The number of sulfonamides is 1. The number of carbonyl (C=O) groups excluding carboxylic acids is 1. The second-order valence-corrected chi connectivity index (χ2v) is 7.50. The first-order valence-electron chi connectivity index (χ1n) is 6.66. The standard InChI is InChI=1S/C12H25N3O5S/c1-9(10(16)17)6-5-7-13-11(18)14-8-12(2,3)15-21(4,19)20/h9,15H,5-8H2,1-4H3,(H,16,17)(H2,13,14,18). The Morgan fingerprint density at radius 3 is 2.29 bits per heavy atom. The number of rotatable bonds is 9. The molecule has 0 fully saturated rings. The first-order valence-corrected chi connectivity index (χ1v) is 8.55. The number of carbonyl (C=O) groups is 2. The summed E-state index contributed by atoms with van der Waals surface area (Å²) in [5.41, 5.74) is -0.789. The normalized spacial score (nSPS) is 13.5. The molecule has 0 aromatic heterocycles. The van der Waals surface area contributed by atoms with E-state index in [9.17, 15) is 18.0 Å². The van der Waals surface area contributed by atoms with Crippen LogP contribution in [0.5, 0.6) is 0 Å². The van der Waals surface area contributed by atoms with Crippen LogP contribution in [0.1, 0.15) is 33.6 Å². The summed E-state index contributed by atoms with van der Waals surface area (Å²) in [5, 5.41) is 13.9. The Bertz CT molecular complexity index is 462. The molecule has 8 nitrogen and oxygen atoms in total. The molecular formula is C12H25N3O5S. The van der Waals surface area contributed by atoms with Crippen LogP contribution < -0.4 is 15.4 Å². The molecule has 0 saturated carbocycles. The molecule has 0 aliphatic heterocycles. The molecule has 0 spiro atoms. The highest BCUT2D eigenvalue weighted by molar-refractivity contribution is 7.88. The Labute approximate surface area is 125 Å². The topological polar surface area (TPSA) is 125 Å². The van der Waals surface area contributed by atoms with Gasteiger partial charge < -0.3 is 15.7 Å². The first kappa shape index (κ1) is 19.7. The van der Waals surface area contributed by atoms with Crippen LogP contribution >= 0.6 is 0 Å². The summed E-state index contributed by atoms with van der Waals surface area (Å²) in [4.78, 5) is 22.1. The fourth-order valence-electron chi connectivity index (χ4n) is 1.64. The number of hydrogen-bond acceptors (Lipinski definition) is 4. The minimum absolute atomic E-state index is 0.136. The zero-order chi connectivity index (χ0) is 16.7. The molecule has 0 rings (SSSR count). The van der Waals surface area contributed by atoms with Gasteiger partial charge in [0.15, 0.2) is 0 Å². The summed E-state index contributed by atoms with van der Waals surface area (Å²) in [6.07, 6.45) is 2.10. The van der Waals surface area contributed by atoms with Crippen LogP contribution in [0, 0.1) is 5.92 Å². The molecule has 0 radical (unpaired) electrons. The number of aliphatic carboxylic acids is 1. The highest BCUT2D eigenvalue weighted by Gasteiger charge is 2.22. The van der Waals surface area contributed by atoms with Crippen molar-refractivity contribution in [3.8, 4) is 0 Å². The molecule has 0 bridgehead atoms. The van der Waals surface area contributed by atoms with Crippen LogP contribution in [0.15, 0.2) is 0 Å². The van der Waals surface area contributed by atoms with Crippen molar-refractivity contribution in [3.63, 3.8) is 0 Å². The molecule has 21 heavy (non-hydrogen) atoms. The summed E-state index contributed by atoms with van der Waals surface area (Å²) < 4.78 is 24.7. The van der Waals surface area contributed by atoms with Gasteiger partial charge in [0.2, 0.25) is 10.0 Å². The molecule has 2 amide bonds. The molecule has 0 aliphatic rings. The van der Waals surface area contributed by atoms with Crippen molar-refractivity contribution in [2.45, 2.75) is 39.2 Å². The number of carboxylic acid groups (broad SMARTS) is 1. The summed E-state index contributed by atoms with van der Waals surface area (Å²) in [6, 6.07) is -0.415. The average molecular weight is 323 g/mol. The molecule has 1 unspecified atom stereocenters. The zero-order valence-electron chi connectivity index (χ0n) is 12.9. The average Bonchev–Trinajstić information content (AvgIpc) is 2.28. The third-order valence-corrected chi connectivity index (χ3v) is 3.60. The molecule has 0 saturated heterocycles. The summed E-state index contributed by atoms with van der Waals surface area (Å²) >= 11 is 0. The van der Waals surface area contributed by atoms with E-state index in [1.807, 2.05) is 0 Å². The third kappa shape index (κ3) is 11.0. The predicted molar refractivity (Wildman–Crippen MR) is 79.5 cm³/mol. The molecule has 4 N–H and O–H groups in total. The number of urea groups is 1. The van der Waals surface area contributed by atoms with E-state index in [2.05, 4.69) is 15.4 Å². The highest BCUT2D eigenvalue weighted by atomic mass is 32.2. The van der Waals surface area contributed by atoms with Gasteiger partial charge in [0.1, 0.15) is 0 Å². The minimum atomic E-state index is -3.35. The fraction of sp³-hybridized carbons (Fsp3) is 0.833. The highest BCUT2D eigenvalue weighted by Crippen LogP contribution is 2.04. The lowest BCUT2D eigenvalue weighted by Crippen LogP contribution is -2.52. The van der Waals surface area contributed by atoms with E-state index in [0.717, 1.165) is 6.26 Å². The molecule has 124 valence electrons. The minimum Gasteiger partial charge on any atom is -0.481 e.